The summed E-state index contributed by atoms with van der Waals surface area (Å²) < 4.78 is 6.28. The van der Waals surface area contributed by atoms with Crippen molar-refractivity contribution in [1.82, 2.24) is 10.6 Å². The highest BCUT2D eigenvalue weighted by Crippen LogP contribution is 2.21. The Morgan fingerprint density at radius 1 is 1.15 bits per heavy atom. The maximum absolute atomic E-state index is 12.2. The molecule has 2 amide bonds. The third kappa shape index (κ3) is 6.26. The zero-order chi connectivity index (χ0) is 19.2. The van der Waals surface area contributed by atoms with Gasteiger partial charge in [-0.2, -0.15) is 0 Å². The molecule has 0 radical (unpaired) electrons. The van der Waals surface area contributed by atoms with Crippen molar-refractivity contribution in [3.63, 3.8) is 0 Å². The van der Waals surface area contributed by atoms with E-state index in [1.807, 2.05) is 24.3 Å². The third-order valence-corrected chi connectivity index (χ3v) is 4.93. The highest BCUT2D eigenvalue weighted by molar-refractivity contribution is 9.10. The van der Waals surface area contributed by atoms with Crippen LogP contribution < -0.4 is 15.4 Å². The molecule has 27 heavy (non-hydrogen) atoms. The third-order valence-electron chi connectivity index (χ3n) is 4.11. The van der Waals surface area contributed by atoms with E-state index in [0.717, 1.165) is 22.9 Å². The molecule has 3 rings (SSSR count). The van der Waals surface area contributed by atoms with Crippen molar-refractivity contribution in [1.29, 1.82) is 0 Å². The second kappa shape index (κ2) is 9.24. The summed E-state index contributed by atoms with van der Waals surface area (Å²) in [5.41, 5.74) is 1.50. The fourth-order valence-corrected chi connectivity index (χ4v) is 3.05. The molecule has 0 spiro atoms. The Labute approximate surface area is 171 Å². The van der Waals surface area contributed by atoms with E-state index in [4.69, 9.17) is 16.3 Å². The molecule has 0 saturated heterocycles. The quantitative estimate of drug-likeness (QED) is 0.642. The fourth-order valence-electron chi connectivity index (χ4n) is 2.49. The second-order valence-electron chi connectivity index (χ2n) is 6.40. The minimum atomic E-state index is -0.206. The normalized spacial score (nSPS) is 13.1. The smallest absolute Gasteiger partial charge is 0.258 e. The van der Waals surface area contributed by atoms with Crippen LogP contribution >= 0.6 is 27.5 Å². The van der Waals surface area contributed by atoms with Crippen LogP contribution in [0.1, 0.15) is 28.8 Å². The van der Waals surface area contributed by atoms with Gasteiger partial charge in [0.1, 0.15) is 5.75 Å². The van der Waals surface area contributed by atoms with Crippen LogP contribution in [0, 0.1) is 0 Å². The maximum Gasteiger partial charge on any atom is 0.258 e. The Morgan fingerprint density at radius 2 is 1.89 bits per heavy atom. The monoisotopic (exact) mass is 450 g/mol. The maximum atomic E-state index is 12.2. The molecule has 1 saturated carbocycles. The summed E-state index contributed by atoms with van der Waals surface area (Å²) in [6.45, 7) is 0.519. The number of nitrogens with one attached hydrogen (secondary N) is 2. The summed E-state index contributed by atoms with van der Waals surface area (Å²) in [6, 6.07) is 13.0. The number of rotatable bonds is 8. The number of ether oxygens (including phenoxy) is 1. The lowest BCUT2D eigenvalue weighted by Gasteiger charge is -2.09. The molecule has 1 aliphatic rings. The van der Waals surface area contributed by atoms with Crippen molar-refractivity contribution < 1.29 is 14.3 Å². The Balaban J connectivity index is 1.42. The molecule has 0 heterocycles. The molecule has 0 unspecified atom stereocenters. The van der Waals surface area contributed by atoms with Gasteiger partial charge in [-0.05, 0) is 55.2 Å². The van der Waals surface area contributed by atoms with Crippen LogP contribution in [0.25, 0.3) is 0 Å². The molecule has 5 nitrogen and oxygen atoms in total. The average molecular weight is 452 g/mol. The first-order chi connectivity index (χ1) is 13.0. The first-order valence-electron chi connectivity index (χ1n) is 8.75. The molecule has 0 bridgehead atoms. The summed E-state index contributed by atoms with van der Waals surface area (Å²) >= 11 is 9.40. The molecule has 0 aromatic heterocycles. The molecule has 1 aliphatic carbocycles. The Hall–Kier alpha value is -2.05. The van der Waals surface area contributed by atoms with Gasteiger partial charge >= 0.3 is 0 Å². The van der Waals surface area contributed by atoms with Gasteiger partial charge in [-0.3, -0.25) is 9.59 Å². The SMILES string of the molecule is O=C(COc1ccc(CCNC(=O)c2cc(Br)ccc2Cl)cc1)NC1CC1. The number of halogens is 2. The van der Waals surface area contributed by atoms with Gasteiger partial charge in [-0.1, -0.05) is 39.7 Å². The van der Waals surface area contributed by atoms with Gasteiger partial charge in [-0.25, -0.2) is 0 Å². The number of carbonyl (C=O) groups excluding carboxylic acids is 2. The van der Waals surface area contributed by atoms with Gasteiger partial charge in [0, 0.05) is 17.1 Å². The van der Waals surface area contributed by atoms with E-state index in [9.17, 15) is 9.59 Å². The zero-order valence-corrected chi connectivity index (χ0v) is 17.0. The summed E-state index contributed by atoms with van der Waals surface area (Å²) in [6.07, 6.45) is 2.80. The number of amides is 2. The molecular formula is C20H20BrClN2O3. The van der Waals surface area contributed by atoms with Crippen LogP contribution in [0.4, 0.5) is 0 Å². The van der Waals surface area contributed by atoms with E-state index < -0.39 is 0 Å². The van der Waals surface area contributed by atoms with Gasteiger partial charge in [0.05, 0.1) is 10.6 Å². The number of hydrogen-bond donors (Lipinski definition) is 2. The van der Waals surface area contributed by atoms with E-state index >= 15 is 0 Å². The molecule has 1 fully saturated rings. The molecule has 7 heteroatoms. The number of hydrogen-bond acceptors (Lipinski definition) is 3. The number of carbonyl (C=O) groups is 2. The summed E-state index contributed by atoms with van der Waals surface area (Å²) in [5.74, 6) is 0.355. The van der Waals surface area contributed by atoms with E-state index in [-0.39, 0.29) is 18.4 Å². The minimum absolute atomic E-state index is 0.0271. The lowest BCUT2D eigenvalue weighted by atomic mass is 10.1. The molecule has 2 aromatic rings. The second-order valence-corrected chi connectivity index (χ2v) is 7.73. The van der Waals surface area contributed by atoms with Crippen molar-refractivity contribution in [2.24, 2.45) is 0 Å². The Morgan fingerprint density at radius 3 is 2.59 bits per heavy atom. The molecule has 2 aromatic carbocycles. The van der Waals surface area contributed by atoms with Crippen molar-refractivity contribution in [2.45, 2.75) is 25.3 Å². The molecule has 2 N–H and O–H groups in total. The number of benzene rings is 2. The van der Waals surface area contributed by atoms with Crippen LogP contribution in [-0.2, 0) is 11.2 Å². The van der Waals surface area contributed by atoms with Crippen molar-refractivity contribution in [3.05, 3.63) is 63.1 Å². The van der Waals surface area contributed by atoms with Crippen LogP contribution in [-0.4, -0.2) is 31.0 Å². The molecular weight excluding hydrogens is 432 g/mol. The van der Waals surface area contributed by atoms with Gasteiger partial charge in [-0.15, -0.1) is 0 Å². The molecule has 142 valence electrons. The van der Waals surface area contributed by atoms with E-state index in [1.54, 1.807) is 18.2 Å². The van der Waals surface area contributed by atoms with Gasteiger partial charge < -0.3 is 15.4 Å². The van der Waals surface area contributed by atoms with Crippen LogP contribution in [0.2, 0.25) is 5.02 Å². The van der Waals surface area contributed by atoms with Crippen molar-refractivity contribution in [2.75, 3.05) is 13.2 Å². The Bertz CT molecular complexity index is 822. The highest BCUT2D eigenvalue weighted by atomic mass is 79.9. The standard InChI is InChI=1S/C20H20BrClN2O3/c21-14-3-8-18(22)17(11-14)20(26)23-10-9-13-1-6-16(7-2-13)27-12-19(25)24-15-4-5-15/h1-3,6-8,11,15H,4-5,9-10,12H2,(H,23,26)(H,24,25). The summed E-state index contributed by atoms with van der Waals surface area (Å²) in [4.78, 5) is 23.8. The predicted octanol–water partition coefficient (Wildman–Crippen LogP) is 3.73. The van der Waals surface area contributed by atoms with E-state index in [2.05, 4.69) is 26.6 Å². The fraction of sp³-hybridized carbons (Fsp3) is 0.300. The average Bonchev–Trinajstić information content (AvgIpc) is 3.47. The van der Waals surface area contributed by atoms with Crippen LogP contribution in [0.5, 0.6) is 5.75 Å². The largest absolute Gasteiger partial charge is 0.484 e. The summed E-state index contributed by atoms with van der Waals surface area (Å²) in [5, 5.41) is 6.16. The highest BCUT2D eigenvalue weighted by Gasteiger charge is 2.23. The summed E-state index contributed by atoms with van der Waals surface area (Å²) in [7, 11) is 0. The lowest BCUT2D eigenvalue weighted by molar-refractivity contribution is -0.123. The Kier molecular flexibility index (Phi) is 6.74. The first kappa shape index (κ1) is 19.7. The zero-order valence-electron chi connectivity index (χ0n) is 14.6. The lowest BCUT2D eigenvalue weighted by Crippen LogP contribution is -2.30. The minimum Gasteiger partial charge on any atom is -0.484 e. The van der Waals surface area contributed by atoms with E-state index in [0.29, 0.717) is 35.3 Å². The topological polar surface area (TPSA) is 67.4 Å². The van der Waals surface area contributed by atoms with Crippen LogP contribution in [0.3, 0.4) is 0 Å². The van der Waals surface area contributed by atoms with Gasteiger partial charge in [0.25, 0.3) is 11.8 Å². The van der Waals surface area contributed by atoms with Crippen molar-refractivity contribution in [3.8, 4) is 5.75 Å². The first-order valence-corrected chi connectivity index (χ1v) is 9.93. The molecule has 0 atom stereocenters. The van der Waals surface area contributed by atoms with Gasteiger partial charge in [0.15, 0.2) is 6.61 Å². The van der Waals surface area contributed by atoms with Crippen molar-refractivity contribution >= 4 is 39.3 Å². The van der Waals surface area contributed by atoms with E-state index in [1.165, 1.54) is 0 Å². The van der Waals surface area contributed by atoms with Gasteiger partial charge in [0.2, 0.25) is 0 Å². The molecule has 0 aliphatic heterocycles. The van der Waals surface area contributed by atoms with Crippen LogP contribution in [0.15, 0.2) is 46.9 Å². The predicted molar refractivity (Wildman–Crippen MR) is 108 cm³/mol.